The fraction of sp³-hybridized carbons (Fsp3) is 0.400. The number of nitrogens with one attached hydrogen (secondary N) is 1. The molecule has 7 heteroatoms. The number of hydrogen-bond donors (Lipinski definition) is 1. The zero-order valence-electron chi connectivity index (χ0n) is 15.6. The van der Waals surface area contributed by atoms with Crippen LogP contribution in [0.15, 0.2) is 35.4 Å². The molecule has 0 aliphatic heterocycles. The van der Waals surface area contributed by atoms with E-state index in [1.54, 1.807) is 6.21 Å². The Hall–Kier alpha value is -2.96. The Balaban J connectivity index is 1.70. The molecule has 0 bridgehead atoms. The minimum absolute atomic E-state index is 0.123. The molecule has 7 nitrogen and oxygen atoms in total. The molecule has 1 saturated carbocycles. The van der Waals surface area contributed by atoms with E-state index in [-0.39, 0.29) is 11.3 Å². The fourth-order valence-electron chi connectivity index (χ4n) is 3.82. The summed E-state index contributed by atoms with van der Waals surface area (Å²) >= 11 is 0. The zero-order valence-corrected chi connectivity index (χ0v) is 15.6. The Morgan fingerprint density at radius 1 is 1.26 bits per heavy atom. The number of benzene rings is 1. The molecule has 1 aromatic carbocycles. The summed E-state index contributed by atoms with van der Waals surface area (Å²) in [5.74, 6) is -0.476. The van der Waals surface area contributed by atoms with Crippen molar-refractivity contribution in [1.82, 2.24) is 9.99 Å². The number of rotatable bonds is 5. The lowest BCUT2D eigenvalue weighted by molar-refractivity contribution is -0.384. The maximum Gasteiger partial charge on any atom is 0.271 e. The van der Waals surface area contributed by atoms with Crippen molar-refractivity contribution in [3.8, 4) is 0 Å². The Kier molecular flexibility index (Phi) is 5.69. The fourth-order valence-corrected chi connectivity index (χ4v) is 3.82. The number of hydrazone groups is 1. The number of amides is 1. The van der Waals surface area contributed by atoms with Crippen LogP contribution in [-0.4, -0.2) is 21.6 Å². The quantitative estimate of drug-likeness (QED) is 0.485. The second-order valence-corrected chi connectivity index (χ2v) is 6.99. The Bertz CT molecular complexity index is 879. The third-order valence-electron chi connectivity index (χ3n) is 5.15. The van der Waals surface area contributed by atoms with Crippen LogP contribution in [-0.2, 0) is 0 Å². The number of carbonyl (C=O) groups excluding carboxylic acids is 1. The van der Waals surface area contributed by atoms with Crippen molar-refractivity contribution in [3.05, 3.63) is 63.0 Å². The van der Waals surface area contributed by atoms with Gasteiger partial charge in [-0.1, -0.05) is 25.3 Å². The molecule has 1 N–H and O–H groups in total. The summed E-state index contributed by atoms with van der Waals surface area (Å²) in [5.41, 5.74) is 5.84. The SMILES string of the molecule is Cc1cc(C=NNC(=O)c2cccc([N+](=O)[O-])c2)c(C)n1C1CCCCC1. The highest BCUT2D eigenvalue weighted by Gasteiger charge is 2.19. The molecule has 1 aromatic heterocycles. The Labute approximate surface area is 158 Å². The summed E-state index contributed by atoms with van der Waals surface area (Å²) < 4.78 is 2.38. The van der Waals surface area contributed by atoms with Gasteiger partial charge in [-0.3, -0.25) is 14.9 Å². The van der Waals surface area contributed by atoms with Crippen molar-refractivity contribution in [2.75, 3.05) is 0 Å². The van der Waals surface area contributed by atoms with Gasteiger partial charge < -0.3 is 4.57 Å². The second-order valence-electron chi connectivity index (χ2n) is 6.99. The Morgan fingerprint density at radius 2 is 2.00 bits per heavy atom. The van der Waals surface area contributed by atoms with Crippen LogP contribution >= 0.6 is 0 Å². The molecule has 1 heterocycles. The molecule has 0 saturated heterocycles. The average Bonchev–Trinajstić information content (AvgIpc) is 2.96. The summed E-state index contributed by atoms with van der Waals surface area (Å²) in [7, 11) is 0. The standard InChI is InChI=1S/C20H24N4O3/c1-14-11-17(15(2)23(14)18-8-4-3-5-9-18)13-21-22-20(25)16-7-6-10-19(12-16)24(26)27/h6-7,10-13,18H,3-5,8-9H2,1-2H3,(H,22,25). The first-order valence-corrected chi connectivity index (χ1v) is 9.23. The minimum Gasteiger partial charge on any atom is -0.345 e. The molecule has 142 valence electrons. The predicted molar refractivity (Wildman–Crippen MR) is 104 cm³/mol. The van der Waals surface area contributed by atoms with Crippen molar-refractivity contribution in [2.24, 2.45) is 5.10 Å². The average molecular weight is 368 g/mol. The van der Waals surface area contributed by atoms with E-state index in [1.807, 2.05) is 0 Å². The van der Waals surface area contributed by atoms with Crippen molar-refractivity contribution in [2.45, 2.75) is 52.0 Å². The molecule has 1 aliphatic carbocycles. The van der Waals surface area contributed by atoms with Gasteiger partial charge in [-0.05, 0) is 38.8 Å². The molecule has 3 rings (SSSR count). The van der Waals surface area contributed by atoms with Gasteiger partial charge >= 0.3 is 0 Å². The second kappa shape index (κ2) is 8.16. The summed E-state index contributed by atoms with van der Waals surface area (Å²) in [4.78, 5) is 22.5. The van der Waals surface area contributed by atoms with Gasteiger partial charge in [0.1, 0.15) is 0 Å². The molecular weight excluding hydrogens is 344 g/mol. The first kappa shape index (κ1) is 18.8. The molecular formula is C20H24N4O3. The maximum atomic E-state index is 12.2. The van der Waals surface area contributed by atoms with Crippen molar-refractivity contribution >= 4 is 17.8 Å². The van der Waals surface area contributed by atoms with Gasteiger partial charge in [-0.25, -0.2) is 5.43 Å². The van der Waals surface area contributed by atoms with Gasteiger partial charge in [0.15, 0.2) is 0 Å². The number of non-ortho nitro benzene ring substituents is 1. The highest BCUT2D eigenvalue weighted by molar-refractivity contribution is 5.95. The number of hydrogen-bond acceptors (Lipinski definition) is 4. The van der Waals surface area contributed by atoms with Crippen LogP contribution < -0.4 is 5.43 Å². The Morgan fingerprint density at radius 3 is 2.70 bits per heavy atom. The molecule has 0 atom stereocenters. The number of nitro groups is 1. The minimum atomic E-state index is -0.528. The number of carbonyl (C=O) groups is 1. The highest BCUT2D eigenvalue weighted by Crippen LogP contribution is 2.31. The summed E-state index contributed by atoms with van der Waals surface area (Å²) in [6.45, 7) is 4.17. The van der Waals surface area contributed by atoms with Crippen molar-refractivity contribution < 1.29 is 9.72 Å². The molecule has 1 fully saturated rings. The van der Waals surface area contributed by atoms with E-state index in [0.717, 1.165) is 11.3 Å². The molecule has 0 unspecified atom stereocenters. The first-order valence-electron chi connectivity index (χ1n) is 9.23. The lowest BCUT2D eigenvalue weighted by Gasteiger charge is -2.26. The van der Waals surface area contributed by atoms with E-state index in [2.05, 4.69) is 35.0 Å². The van der Waals surface area contributed by atoms with Crippen LogP contribution in [0.25, 0.3) is 0 Å². The normalized spacial score (nSPS) is 15.2. The summed E-state index contributed by atoms with van der Waals surface area (Å²) in [6.07, 6.45) is 7.90. The van der Waals surface area contributed by atoms with Crippen LogP contribution in [0.2, 0.25) is 0 Å². The molecule has 1 aliphatic rings. The van der Waals surface area contributed by atoms with Crippen molar-refractivity contribution in [3.63, 3.8) is 0 Å². The smallest absolute Gasteiger partial charge is 0.271 e. The van der Waals surface area contributed by atoms with Gasteiger partial charge in [0, 0.05) is 40.7 Å². The third-order valence-corrected chi connectivity index (χ3v) is 5.15. The summed E-state index contributed by atoms with van der Waals surface area (Å²) in [5, 5.41) is 14.9. The van der Waals surface area contributed by atoms with Crippen LogP contribution in [0.4, 0.5) is 5.69 Å². The monoisotopic (exact) mass is 368 g/mol. The molecule has 0 spiro atoms. The zero-order chi connectivity index (χ0) is 19.4. The van der Waals surface area contributed by atoms with E-state index in [1.165, 1.54) is 62.1 Å². The van der Waals surface area contributed by atoms with E-state index in [4.69, 9.17) is 0 Å². The van der Waals surface area contributed by atoms with Gasteiger partial charge in [-0.15, -0.1) is 0 Å². The molecule has 1 amide bonds. The van der Waals surface area contributed by atoms with E-state index in [9.17, 15) is 14.9 Å². The third kappa shape index (κ3) is 4.24. The van der Waals surface area contributed by atoms with Crippen LogP contribution in [0.3, 0.4) is 0 Å². The lowest BCUT2D eigenvalue weighted by atomic mass is 9.95. The number of nitro benzene ring substituents is 1. The summed E-state index contributed by atoms with van der Waals surface area (Å²) in [6, 6.07) is 8.20. The topological polar surface area (TPSA) is 89.5 Å². The van der Waals surface area contributed by atoms with E-state index >= 15 is 0 Å². The van der Waals surface area contributed by atoms with Gasteiger partial charge in [-0.2, -0.15) is 5.10 Å². The lowest BCUT2D eigenvalue weighted by Crippen LogP contribution is -2.18. The van der Waals surface area contributed by atoms with Crippen LogP contribution in [0.5, 0.6) is 0 Å². The molecule has 0 radical (unpaired) electrons. The molecule has 2 aromatic rings. The highest BCUT2D eigenvalue weighted by atomic mass is 16.6. The maximum absolute atomic E-state index is 12.2. The van der Waals surface area contributed by atoms with E-state index < -0.39 is 10.8 Å². The number of aromatic nitrogens is 1. The van der Waals surface area contributed by atoms with Gasteiger partial charge in [0.25, 0.3) is 11.6 Å². The van der Waals surface area contributed by atoms with Crippen molar-refractivity contribution in [1.29, 1.82) is 0 Å². The van der Waals surface area contributed by atoms with Gasteiger partial charge in [0.2, 0.25) is 0 Å². The number of aryl methyl sites for hydroxylation is 1. The van der Waals surface area contributed by atoms with Gasteiger partial charge in [0.05, 0.1) is 11.1 Å². The van der Waals surface area contributed by atoms with Crippen LogP contribution in [0, 0.1) is 24.0 Å². The van der Waals surface area contributed by atoms with Crippen LogP contribution in [0.1, 0.15) is 65.5 Å². The number of nitrogens with zero attached hydrogens (tertiary/aromatic N) is 3. The molecule has 27 heavy (non-hydrogen) atoms. The van der Waals surface area contributed by atoms with E-state index in [0.29, 0.717) is 6.04 Å². The predicted octanol–water partition coefficient (Wildman–Crippen LogP) is 4.28. The largest absolute Gasteiger partial charge is 0.345 e. The first-order chi connectivity index (χ1) is 13.0.